The number of nitrogens with zero attached hydrogens (tertiary/aromatic N) is 2. The highest BCUT2D eigenvalue weighted by Gasteiger charge is 2.29. The van der Waals surface area contributed by atoms with Gasteiger partial charge in [-0.1, -0.05) is 29.4 Å². The summed E-state index contributed by atoms with van der Waals surface area (Å²) in [4.78, 5) is 26.3. The summed E-state index contributed by atoms with van der Waals surface area (Å²) in [6.45, 7) is 1.74. The molecule has 0 saturated heterocycles. The van der Waals surface area contributed by atoms with Gasteiger partial charge in [-0.15, -0.1) is 0 Å². The van der Waals surface area contributed by atoms with Crippen LogP contribution in [0.15, 0.2) is 34.9 Å². The average Bonchev–Trinajstić information content (AvgIpc) is 2.98. The third-order valence-corrected chi connectivity index (χ3v) is 4.32. The van der Waals surface area contributed by atoms with Crippen LogP contribution in [0.1, 0.15) is 35.6 Å². The van der Waals surface area contributed by atoms with Gasteiger partial charge in [-0.2, -0.15) is 0 Å². The Morgan fingerprint density at radius 3 is 2.92 bits per heavy atom. The van der Waals surface area contributed by atoms with Gasteiger partial charge in [0.2, 0.25) is 11.8 Å². The van der Waals surface area contributed by atoms with E-state index in [1.807, 2.05) is 18.2 Å². The van der Waals surface area contributed by atoms with E-state index >= 15 is 0 Å². The molecule has 2 amide bonds. The first-order chi connectivity index (χ1) is 11.5. The molecule has 1 N–H and O–H groups in total. The van der Waals surface area contributed by atoms with Crippen molar-refractivity contribution in [2.24, 2.45) is 0 Å². The fourth-order valence-electron chi connectivity index (χ4n) is 3.18. The van der Waals surface area contributed by atoms with Crippen molar-refractivity contribution in [3.05, 3.63) is 47.2 Å². The van der Waals surface area contributed by atoms with Crippen molar-refractivity contribution in [3.8, 4) is 0 Å². The van der Waals surface area contributed by atoms with E-state index in [0.29, 0.717) is 11.6 Å². The van der Waals surface area contributed by atoms with E-state index in [1.54, 1.807) is 20.0 Å². The van der Waals surface area contributed by atoms with Crippen LogP contribution in [0.3, 0.4) is 0 Å². The molecule has 6 heteroatoms. The van der Waals surface area contributed by atoms with Crippen LogP contribution in [-0.4, -0.2) is 35.5 Å². The van der Waals surface area contributed by atoms with Gasteiger partial charge in [0, 0.05) is 13.1 Å². The molecule has 0 bridgehead atoms. The van der Waals surface area contributed by atoms with Crippen LogP contribution < -0.4 is 5.32 Å². The lowest BCUT2D eigenvalue weighted by Gasteiger charge is -2.28. The predicted molar refractivity (Wildman–Crippen MR) is 89.6 cm³/mol. The maximum absolute atomic E-state index is 12.8. The second kappa shape index (κ2) is 6.86. The van der Waals surface area contributed by atoms with Crippen LogP contribution in [0.4, 0.5) is 5.82 Å². The summed E-state index contributed by atoms with van der Waals surface area (Å²) in [6, 6.07) is 9.70. The van der Waals surface area contributed by atoms with Crippen molar-refractivity contribution in [2.75, 3.05) is 18.9 Å². The zero-order chi connectivity index (χ0) is 17.1. The first-order valence-corrected chi connectivity index (χ1v) is 8.10. The number of anilines is 1. The molecular weight excluding hydrogens is 306 g/mol. The Morgan fingerprint density at radius 2 is 2.17 bits per heavy atom. The quantitative estimate of drug-likeness (QED) is 0.936. The summed E-state index contributed by atoms with van der Waals surface area (Å²) in [5.41, 5.74) is 2.33. The number of aryl methyl sites for hydroxylation is 2. The Bertz CT molecular complexity index is 753. The molecule has 0 fully saturated rings. The minimum absolute atomic E-state index is 0.0105. The maximum Gasteiger partial charge on any atom is 0.245 e. The molecule has 1 atom stereocenters. The molecule has 1 aliphatic carbocycles. The lowest BCUT2D eigenvalue weighted by Crippen LogP contribution is -2.38. The SMILES string of the molecule is Cc1cc(NC(=O)CN(C)C(=O)C2CCCc3ccccc32)no1. The van der Waals surface area contributed by atoms with E-state index < -0.39 is 0 Å². The third-order valence-electron chi connectivity index (χ3n) is 4.32. The van der Waals surface area contributed by atoms with Gasteiger partial charge < -0.3 is 14.7 Å². The van der Waals surface area contributed by atoms with Crippen LogP contribution in [-0.2, 0) is 16.0 Å². The topological polar surface area (TPSA) is 75.4 Å². The van der Waals surface area contributed by atoms with Crippen LogP contribution in [0, 0.1) is 6.92 Å². The van der Waals surface area contributed by atoms with Crippen molar-refractivity contribution in [1.82, 2.24) is 10.1 Å². The number of fused-ring (bicyclic) bond motifs is 1. The minimum Gasteiger partial charge on any atom is -0.360 e. The fraction of sp³-hybridized carbons (Fsp3) is 0.389. The molecule has 1 unspecified atom stereocenters. The molecule has 1 heterocycles. The molecule has 0 radical (unpaired) electrons. The van der Waals surface area contributed by atoms with Gasteiger partial charge in [0.15, 0.2) is 5.82 Å². The summed E-state index contributed by atoms with van der Waals surface area (Å²) < 4.78 is 4.91. The number of hydrogen-bond acceptors (Lipinski definition) is 4. The maximum atomic E-state index is 12.8. The Labute approximate surface area is 140 Å². The molecule has 2 aromatic rings. The van der Waals surface area contributed by atoms with E-state index in [-0.39, 0.29) is 24.3 Å². The highest BCUT2D eigenvalue weighted by atomic mass is 16.5. The summed E-state index contributed by atoms with van der Waals surface area (Å²) in [7, 11) is 1.66. The highest BCUT2D eigenvalue weighted by molar-refractivity contribution is 5.95. The van der Waals surface area contributed by atoms with Gasteiger partial charge in [-0.3, -0.25) is 9.59 Å². The molecule has 1 aliphatic rings. The van der Waals surface area contributed by atoms with Gasteiger partial charge in [0.05, 0.1) is 12.5 Å². The zero-order valence-electron chi connectivity index (χ0n) is 13.9. The third kappa shape index (κ3) is 3.48. The highest BCUT2D eigenvalue weighted by Crippen LogP contribution is 2.32. The molecule has 1 aromatic carbocycles. The van der Waals surface area contributed by atoms with E-state index in [2.05, 4.69) is 16.5 Å². The van der Waals surface area contributed by atoms with Crippen molar-refractivity contribution >= 4 is 17.6 Å². The number of carbonyl (C=O) groups is 2. The number of carbonyl (C=O) groups excluding carboxylic acids is 2. The molecule has 0 spiro atoms. The Balaban J connectivity index is 1.64. The van der Waals surface area contributed by atoms with E-state index in [1.165, 1.54) is 10.5 Å². The summed E-state index contributed by atoms with van der Waals surface area (Å²) >= 11 is 0. The molecule has 0 aliphatic heterocycles. The van der Waals surface area contributed by atoms with Crippen molar-refractivity contribution < 1.29 is 14.1 Å². The van der Waals surface area contributed by atoms with Gasteiger partial charge in [0.25, 0.3) is 0 Å². The summed E-state index contributed by atoms with van der Waals surface area (Å²) in [5.74, 6) is 0.508. The van der Waals surface area contributed by atoms with Crippen molar-refractivity contribution in [3.63, 3.8) is 0 Å². The van der Waals surface area contributed by atoms with Crippen LogP contribution in [0.25, 0.3) is 0 Å². The monoisotopic (exact) mass is 327 g/mol. The van der Waals surface area contributed by atoms with Gasteiger partial charge in [0.1, 0.15) is 5.76 Å². The smallest absolute Gasteiger partial charge is 0.245 e. The number of benzene rings is 1. The van der Waals surface area contributed by atoms with Crippen LogP contribution >= 0.6 is 0 Å². The summed E-state index contributed by atoms with van der Waals surface area (Å²) in [5, 5.41) is 6.35. The number of nitrogens with one attached hydrogen (secondary N) is 1. The molecule has 6 nitrogen and oxygen atoms in total. The minimum atomic E-state index is -0.289. The molecule has 126 valence electrons. The largest absolute Gasteiger partial charge is 0.360 e. The van der Waals surface area contributed by atoms with E-state index in [0.717, 1.165) is 24.8 Å². The Hall–Kier alpha value is -2.63. The van der Waals surface area contributed by atoms with Gasteiger partial charge >= 0.3 is 0 Å². The predicted octanol–water partition coefficient (Wildman–Crippen LogP) is 2.50. The molecule has 1 aromatic heterocycles. The number of hydrogen-bond donors (Lipinski definition) is 1. The fourth-order valence-corrected chi connectivity index (χ4v) is 3.18. The van der Waals surface area contributed by atoms with Crippen LogP contribution in [0.5, 0.6) is 0 Å². The second-order valence-corrected chi connectivity index (χ2v) is 6.21. The van der Waals surface area contributed by atoms with Crippen molar-refractivity contribution in [1.29, 1.82) is 0 Å². The second-order valence-electron chi connectivity index (χ2n) is 6.21. The lowest BCUT2D eigenvalue weighted by atomic mass is 9.82. The average molecular weight is 327 g/mol. The van der Waals surface area contributed by atoms with Crippen molar-refractivity contribution in [2.45, 2.75) is 32.1 Å². The number of amides is 2. The van der Waals surface area contributed by atoms with Gasteiger partial charge in [-0.25, -0.2) is 0 Å². The lowest BCUT2D eigenvalue weighted by molar-refractivity contribution is -0.135. The molecule has 24 heavy (non-hydrogen) atoms. The standard InChI is InChI=1S/C18H21N3O3/c1-12-10-16(20-24-12)19-17(22)11-21(2)18(23)15-9-5-7-13-6-3-4-8-14(13)15/h3-4,6,8,10,15H,5,7,9,11H2,1-2H3,(H,19,20,22). The molecule has 3 rings (SSSR count). The Morgan fingerprint density at radius 1 is 1.38 bits per heavy atom. The Kier molecular flexibility index (Phi) is 4.64. The molecule has 0 saturated carbocycles. The number of aromatic nitrogens is 1. The zero-order valence-corrected chi connectivity index (χ0v) is 13.9. The normalized spacial score (nSPS) is 16.3. The van der Waals surface area contributed by atoms with Crippen LogP contribution in [0.2, 0.25) is 0 Å². The van der Waals surface area contributed by atoms with E-state index in [4.69, 9.17) is 4.52 Å². The van der Waals surface area contributed by atoms with E-state index in [9.17, 15) is 9.59 Å². The summed E-state index contributed by atoms with van der Waals surface area (Å²) in [6.07, 6.45) is 2.83. The first-order valence-electron chi connectivity index (χ1n) is 8.10. The molecular formula is C18H21N3O3. The number of likely N-dealkylation sites (N-methyl/N-ethyl adjacent to an activating group) is 1. The van der Waals surface area contributed by atoms with Gasteiger partial charge in [-0.05, 0) is 37.3 Å². The number of rotatable bonds is 4. The first kappa shape index (κ1) is 16.2.